The van der Waals surface area contributed by atoms with E-state index in [9.17, 15) is 13.2 Å². The van der Waals surface area contributed by atoms with E-state index in [1.165, 1.54) is 40.7 Å². The maximum atomic E-state index is 12.6. The highest BCUT2D eigenvalue weighted by molar-refractivity contribution is 7.92. The van der Waals surface area contributed by atoms with Crippen LogP contribution in [0.1, 0.15) is 17.3 Å². The first-order valence-corrected chi connectivity index (χ1v) is 7.82. The molecule has 21 heavy (non-hydrogen) atoms. The van der Waals surface area contributed by atoms with Gasteiger partial charge in [0.2, 0.25) is 0 Å². The van der Waals surface area contributed by atoms with Crippen LogP contribution in [0, 0.1) is 0 Å². The summed E-state index contributed by atoms with van der Waals surface area (Å²) in [7, 11) is -3.65. The Bertz CT molecular complexity index is 724. The van der Waals surface area contributed by atoms with Gasteiger partial charge in [-0.25, -0.2) is 13.2 Å². The fraction of sp³-hybridized carbons (Fsp3) is 0.133. The number of benzene rings is 2. The van der Waals surface area contributed by atoms with E-state index in [0.29, 0.717) is 5.69 Å². The van der Waals surface area contributed by atoms with Crippen LogP contribution in [0.2, 0.25) is 0 Å². The van der Waals surface area contributed by atoms with Crippen molar-refractivity contribution in [3.8, 4) is 0 Å². The average Bonchev–Trinajstić information content (AvgIpc) is 2.49. The van der Waals surface area contributed by atoms with Crippen molar-refractivity contribution < 1.29 is 18.3 Å². The van der Waals surface area contributed by atoms with Crippen LogP contribution >= 0.6 is 0 Å². The maximum absolute atomic E-state index is 12.6. The molecular weight excluding hydrogens is 290 g/mol. The summed E-state index contributed by atoms with van der Waals surface area (Å²) in [6, 6.07) is 13.9. The van der Waals surface area contributed by atoms with Crippen LogP contribution in [-0.2, 0) is 10.0 Å². The molecule has 0 fully saturated rings. The van der Waals surface area contributed by atoms with Gasteiger partial charge in [0, 0.05) is 6.54 Å². The first kappa shape index (κ1) is 15.1. The summed E-state index contributed by atoms with van der Waals surface area (Å²) in [6.45, 7) is 1.98. The molecule has 2 aromatic rings. The zero-order chi connectivity index (χ0) is 15.5. The van der Waals surface area contributed by atoms with Crippen LogP contribution in [-0.4, -0.2) is 26.0 Å². The molecule has 2 aromatic carbocycles. The highest BCUT2D eigenvalue weighted by atomic mass is 32.2. The van der Waals surface area contributed by atoms with Crippen molar-refractivity contribution in [3.63, 3.8) is 0 Å². The van der Waals surface area contributed by atoms with Gasteiger partial charge in [-0.1, -0.05) is 18.2 Å². The molecule has 110 valence electrons. The smallest absolute Gasteiger partial charge is 0.335 e. The Balaban J connectivity index is 2.42. The fourth-order valence-electron chi connectivity index (χ4n) is 1.98. The highest BCUT2D eigenvalue weighted by Crippen LogP contribution is 2.23. The van der Waals surface area contributed by atoms with E-state index in [1.807, 2.05) is 0 Å². The minimum Gasteiger partial charge on any atom is -0.478 e. The number of sulfonamides is 1. The number of carbonyl (C=O) groups is 1. The van der Waals surface area contributed by atoms with E-state index in [2.05, 4.69) is 0 Å². The molecule has 0 unspecified atom stereocenters. The monoisotopic (exact) mass is 305 g/mol. The lowest BCUT2D eigenvalue weighted by molar-refractivity contribution is 0.0697. The molecule has 0 atom stereocenters. The zero-order valence-corrected chi connectivity index (χ0v) is 12.2. The molecule has 5 nitrogen and oxygen atoms in total. The number of aromatic carboxylic acids is 1. The second kappa shape index (κ2) is 5.97. The Morgan fingerprint density at radius 2 is 1.62 bits per heavy atom. The van der Waals surface area contributed by atoms with Gasteiger partial charge < -0.3 is 5.11 Å². The minimum atomic E-state index is -3.65. The molecule has 0 saturated heterocycles. The van der Waals surface area contributed by atoms with E-state index < -0.39 is 16.0 Å². The summed E-state index contributed by atoms with van der Waals surface area (Å²) in [4.78, 5) is 11.0. The molecule has 0 radical (unpaired) electrons. The SMILES string of the molecule is CCN(c1ccc(C(=O)O)cc1)S(=O)(=O)c1ccccc1. The molecule has 0 saturated carbocycles. The molecule has 0 aromatic heterocycles. The standard InChI is InChI=1S/C15H15NO4S/c1-2-16(13-10-8-12(9-11-13)15(17)18)21(19,20)14-6-4-3-5-7-14/h3-11H,2H2,1H3,(H,17,18). The molecule has 1 N–H and O–H groups in total. The Kier molecular flexibility index (Phi) is 4.28. The van der Waals surface area contributed by atoms with Crippen LogP contribution in [0.4, 0.5) is 5.69 Å². The van der Waals surface area contributed by atoms with Gasteiger partial charge >= 0.3 is 5.97 Å². The summed E-state index contributed by atoms with van der Waals surface area (Å²) in [6.07, 6.45) is 0. The lowest BCUT2D eigenvalue weighted by Gasteiger charge is -2.23. The van der Waals surface area contributed by atoms with Gasteiger partial charge in [-0.2, -0.15) is 0 Å². The number of carboxylic acid groups (broad SMARTS) is 1. The van der Waals surface area contributed by atoms with Crippen LogP contribution in [0.3, 0.4) is 0 Å². The van der Waals surface area contributed by atoms with Gasteiger partial charge in [-0.15, -0.1) is 0 Å². The number of nitrogens with zero attached hydrogens (tertiary/aromatic N) is 1. The Labute approximate surface area is 123 Å². The largest absolute Gasteiger partial charge is 0.478 e. The summed E-state index contributed by atoms with van der Waals surface area (Å²) in [5.74, 6) is -1.05. The molecule has 6 heteroatoms. The van der Waals surface area contributed by atoms with Crippen molar-refractivity contribution in [1.82, 2.24) is 0 Å². The lowest BCUT2D eigenvalue weighted by Crippen LogP contribution is -2.30. The summed E-state index contributed by atoms with van der Waals surface area (Å²) >= 11 is 0. The van der Waals surface area contributed by atoms with Crippen LogP contribution < -0.4 is 4.31 Å². The Morgan fingerprint density at radius 1 is 1.05 bits per heavy atom. The highest BCUT2D eigenvalue weighted by Gasteiger charge is 2.23. The second-order valence-corrected chi connectivity index (χ2v) is 6.20. The topological polar surface area (TPSA) is 74.7 Å². The predicted molar refractivity (Wildman–Crippen MR) is 80.0 cm³/mol. The average molecular weight is 305 g/mol. The lowest BCUT2D eigenvalue weighted by atomic mass is 10.2. The number of anilines is 1. The molecule has 2 rings (SSSR count). The third kappa shape index (κ3) is 3.05. The summed E-state index contributed by atoms with van der Waals surface area (Å²) < 4.78 is 26.4. The normalized spacial score (nSPS) is 11.1. The first-order chi connectivity index (χ1) is 9.96. The quantitative estimate of drug-likeness (QED) is 0.921. The van der Waals surface area contributed by atoms with Crippen LogP contribution in [0.5, 0.6) is 0 Å². The van der Waals surface area contributed by atoms with Crippen molar-refractivity contribution in [3.05, 3.63) is 60.2 Å². The number of carboxylic acids is 1. The van der Waals surface area contributed by atoms with Crippen molar-refractivity contribution in [2.24, 2.45) is 0 Å². The van der Waals surface area contributed by atoms with Crippen LogP contribution in [0.25, 0.3) is 0 Å². The van der Waals surface area contributed by atoms with Gasteiger partial charge in [0.15, 0.2) is 0 Å². The van der Waals surface area contributed by atoms with Crippen molar-refractivity contribution in [1.29, 1.82) is 0 Å². The Hall–Kier alpha value is -2.34. The van der Waals surface area contributed by atoms with Crippen LogP contribution in [0.15, 0.2) is 59.5 Å². The molecule has 0 bridgehead atoms. The number of hydrogen-bond acceptors (Lipinski definition) is 3. The molecule has 0 aliphatic carbocycles. The summed E-state index contributed by atoms with van der Waals surface area (Å²) in [5.41, 5.74) is 0.554. The predicted octanol–water partition coefficient (Wildman–Crippen LogP) is 2.60. The van der Waals surface area contributed by atoms with E-state index in [1.54, 1.807) is 25.1 Å². The molecular formula is C15H15NO4S. The first-order valence-electron chi connectivity index (χ1n) is 6.38. The second-order valence-electron chi connectivity index (χ2n) is 4.33. The van der Waals surface area contributed by atoms with E-state index in [-0.39, 0.29) is 17.0 Å². The van der Waals surface area contributed by atoms with Crippen molar-refractivity contribution >= 4 is 21.7 Å². The number of rotatable bonds is 5. The molecule has 0 aliphatic rings. The number of hydrogen-bond donors (Lipinski definition) is 1. The third-order valence-electron chi connectivity index (χ3n) is 3.02. The van der Waals surface area contributed by atoms with E-state index in [4.69, 9.17) is 5.11 Å². The van der Waals surface area contributed by atoms with Gasteiger partial charge in [-0.05, 0) is 43.3 Å². The van der Waals surface area contributed by atoms with Crippen molar-refractivity contribution in [2.75, 3.05) is 10.8 Å². The van der Waals surface area contributed by atoms with Gasteiger partial charge in [0.1, 0.15) is 0 Å². The molecule has 0 heterocycles. The van der Waals surface area contributed by atoms with Gasteiger partial charge in [0.05, 0.1) is 16.1 Å². The van der Waals surface area contributed by atoms with E-state index in [0.717, 1.165) is 0 Å². The summed E-state index contributed by atoms with van der Waals surface area (Å²) in [5, 5.41) is 8.88. The zero-order valence-electron chi connectivity index (χ0n) is 11.4. The van der Waals surface area contributed by atoms with Gasteiger partial charge in [0.25, 0.3) is 10.0 Å². The van der Waals surface area contributed by atoms with Crippen molar-refractivity contribution in [2.45, 2.75) is 11.8 Å². The maximum Gasteiger partial charge on any atom is 0.335 e. The van der Waals surface area contributed by atoms with E-state index >= 15 is 0 Å². The fourth-order valence-corrected chi connectivity index (χ4v) is 3.48. The molecule has 0 spiro atoms. The molecule has 0 amide bonds. The Morgan fingerprint density at radius 3 is 2.10 bits per heavy atom. The minimum absolute atomic E-state index is 0.118. The third-order valence-corrected chi connectivity index (χ3v) is 4.94. The van der Waals surface area contributed by atoms with Gasteiger partial charge in [-0.3, -0.25) is 4.31 Å². The molecule has 0 aliphatic heterocycles.